The van der Waals surface area contributed by atoms with Crippen molar-refractivity contribution in [3.63, 3.8) is 0 Å². The minimum Gasteiger partial charge on any atom is -0.497 e. The van der Waals surface area contributed by atoms with Crippen molar-refractivity contribution in [3.05, 3.63) is 46.2 Å². The molecular weight excluding hydrogens is 424 g/mol. The van der Waals surface area contributed by atoms with E-state index >= 15 is 0 Å². The highest BCUT2D eigenvalue weighted by atomic mass is 32.1. The number of ether oxygens (including phenoxy) is 2. The zero-order chi connectivity index (χ0) is 22.7. The number of hydrogen-bond acceptors (Lipinski definition) is 5. The van der Waals surface area contributed by atoms with Crippen LogP contribution in [0.3, 0.4) is 0 Å². The molecule has 32 heavy (non-hydrogen) atoms. The maximum absolute atomic E-state index is 13.4. The van der Waals surface area contributed by atoms with Crippen molar-refractivity contribution in [3.8, 4) is 11.5 Å². The summed E-state index contributed by atoms with van der Waals surface area (Å²) in [5, 5.41) is 2.08. The van der Waals surface area contributed by atoms with Gasteiger partial charge in [0.15, 0.2) is 0 Å². The number of thiophene rings is 1. The molecule has 6 nitrogen and oxygen atoms in total. The van der Waals surface area contributed by atoms with Gasteiger partial charge < -0.3 is 19.3 Å². The van der Waals surface area contributed by atoms with Gasteiger partial charge in [0.05, 0.1) is 13.2 Å². The molecule has 1 atom stereocenters. The lowest BCUT2D eigenvalue weighted by Gasteiger charge is -2.37. The summed E-state index contributed by atoms with van der Waals surface area (Å²) in [4.78, 5) is 31.3. The van der Waals surface area contributed by atoms with Gasteiger partial charge in [-0.25, -0.2) is 0 Å². The number of methoxy groups -OCH3 is 1. The van der Waals surface area contributed by atoms with Gasteiger partial charge in [-0.15, -0.1) is 11.3 Å². The van der Waals surface area contributed by atoms with Gasteiger partial charge in [0, 0.05) is 30.0 Å². The monoisotopic (exact) mass is 456 g/mol. The molecule has 0 saturated heterocycles. The van der Waals surface area contributed by atoms with E-state index in [1.165, 1.54) is 4.88 Å². The topological polar surface area (TPSA) is 59.1 Å². The summed E-state index contributed by atoms with van der Waals surface area (Å²) in [7, 11) is 1.63. The third-order valence-electron chi connectivity index (χ3n) is 6.06. The Kier molecular flexibility index (Phi) is 7.04. The van der Waals surface area contributed by atoms with Gasteiger partial charge in [-0.1, -0.05) is 19.9 Å². The van der Waals surface area contributed by atoms with Crippen LogP contribution in [0.1, 0.15) is 49.6 Å². The minimum absolute atomic E-state index is 0.00472. The van der Waals surface area contributed by atoms with Crippen LogP contribution in [0.2, 0.25) is 0 Å². The Hall–Kier alpha value is -2.54. The third-order valence-corrected chi connectivity index (χ3v) is 7.06. The molecule has 7 heteroatoms. The first-order chi connectivity index (χ1) is 15.5. The van der Waals surface area contributed by atoms with Crippen LogP contribution < -0.4 is 9.47 Å². The first-order valence-electron chi connectivity index (χ1n) is 11.4. The SMILES string of the molecule is COc1cccc(OC[C@@H]2c3ccsc3CCN2C(=O)CN(C(=O)CC(C)C)C2CC2)c1. The molecule has 2 heterocycles. The Labute approximate surface area is 194 Å². The van der Waals surface area contributed by atoms with E-state index in [-0.39, 0.29) is 36.4 Å². The largest absolute Gasteiger partial charge is 0.497 e. The second kappa shape index (κ2) is 9.94. The van der Waals surface area contributed by atoms with E-state index in [1.54, 1.807) is 18.4 Å². The first kappa shape index (κ1) is 22.6. The fourth-order valence-corrected chi connectivity index (χ4v) is 5.18. The maximum atomic E-state index is 13.4. The van der Waals surface area contributed by atoms with Crippen LogP contribution in [0.25, 0.3) is 0 Å². The molecule has 2 aromatic rings. The minimum atomic E-state index is -0.162. The van der Waals surface area contributed by atoms with Crippen molar-refractivity contribution in [2.75, 3.05) is 26.8 Å². The lowest BCUT2D eigenvalue weighted by Crippen LogP contribution is -2.48. The van der Waals surface area contributed by atoms with Crippen molar-refractivity contribution in [2.24, 2.45) is 5.92 Å². The molecule has 1 fully saturated rings. The number of carbonyl (C=O) groups is 2. The van der Waals surface area contributed by atoms with E-state index in [9.17, 15) is 9.59 Å². The van der Waals surface area contributed by atoms with Gasteiger partial charge in [0.25, 0.3) is 0 Å². The Morgan fingerprint density at radius 2 is 2.00 bits per heavy atom. The van der Waals surface area contributed by atoms with Gasteiger partial charge in [-0.2, -0.15) is 0 Å². The predicted molar refractivity (Wildman–Crippen MR) is 125 cm³/mol. The number of fused-ring (bicyclic) bond motifs is 1. The summed E-state index contributed by atoms with van der Waals surface area (Å²) >= 11 is 1.73. The fraction of sp³-hybridized carbons (Fsp3) is 0.520. The summed E-state index contributed by atoms with van der Waals surface area (Å²) in [5.74, 6) is 1.83. The lowest BCUT2D eigenvalue weighted by molar-refractivity contribution is -0.143. The van der Waals surface area contributed by atoms with Crippen LogP contribution in [0, 0.1) is 5.92 Å². The zero-order valence-corrected chi connectivity index (χ0v) is 19.9. The van der Waals surface area contributed by atoms with Crippen molar-refractivity contribution in [1.82, 2.24) is 9.80 Å². The number of benzene rings is 1. The Morgan fingerprint density at radius 3 is 2.72 bits per heavy atom. The molecule has 4 rings (SSSR count). The molecule has 172 valence electrons. The van der Waals surface area contributed by atoms with Crippen molar-refractivity contribution < 1.29 is 19.1 Å². The smallest absolute Gasteiger partial charge is 0.242 e. The summed E-state index contributed by atoms with van der Waals surface area (Å²) in [6.45, 7) is 5.26. The van der Waals surface area contributed by atoms with E-state index < -0.39 is 0 Å². The zero-order valence-electron chi connectivity index (χ0n) is 19.1. The van der Waals surface area contributed by atoms with Gasteiger partial charge in [0.2, 0.25) is 11.8 Å². The molecule has 1 aromatic carbocycles. The average Bonchev–Trinajstić information content (AvgIpc) is 3.50. The molecule has 0 radical (unpaired) electrons. The lowest BCUT2D eigenvalue weighted by atomic mass is 10.00. The van der Waals surface area contributed by atoms with E-state index in [0.29, 0.717) is 25.3 Å². The molecule has 2 aliphatic rings. The van der Waals surface area contributed by atoms with E-state index in [4.69, 9.17) is 9.47 Å². The van der Waals surface area contributed by atoms with Crippen LogP contribution in [0.5, 0.6) is 11.5 Å². The normalized spacial score (nSPS) is 17.8. The number of hydrogen-bond donors (Lipinski definition) is 0. The number of carbonyl (C=O) groups excluding carboxylic acids is 2. The fourth-order valence-electron chi connectivity index (χ4n) is 4.25. The molecular formula is C25H32N2O4S. The Balaban J connectivity index is 1.49. The van der Waals surface area contributed by atoms with Crippen LogP contribution >= 0.6 is 11.3 Å². The molecule has 0 spiro atoms. The van der Waals surface area contributed by atoms with E-state index in [1.807, 2.05) is 47.9 Å². The summed E-state index contributed by atoms with van der Waals surface area (Å²) in [6, 6.07) is 9.67. The van der Waals surface area contributed by atoms with Crippen molar-refractivity contribution in [2.45, 2.75) is 51.6 Å². The average molecular weight is 457 g/mol. The van der Waals surface area contributed by atoms with Crippen molar-refractivity contribution >= 4 is 23.2 Å². The molecule has 1 aliphatic carbocycles. The molecule has 1 aromatic heterocycles. The predicted octanol–water partition coefficient (Wildman–Crippen LogP) is 4.30. The van der Waals surface area contributed by atoms with Gasteiger partial charge in [-0.05, 0) is 54.3 Å². The van der Waals surface area contributed by atoms with Crippen LogP contribution in [-0.2, 0) is 16.0 Å². The van der Waals surface area contributed by atoms with Gasteiger partial charge in [-0.3, -0.25) is 9.59 Å². The molecule has 0 N–H and O–H groups in total. The molecule has 2 amide bonds. The standard InChI is InChI=1S/C25H32N2O4S/c1-17(2)13-24(28)27(18-7-8-18)15-25(29)26-11-9-23-21(10-12-32-23)22(26)16-31-20-6-4-5-19(14-20)30-3/h4-6,10,12,14,17-18,22H,7-9,11,13,15-16H2,1-3H3/t22-/m1/s1. The maximum Gasteiger partial charge on any atom is 0.242 e. The highest BCUT2D eigenvalue weighted by Gasteiger charge is 2.37. The number of amides is 2. The highest BCUT2D eigenvalue weighted by Crippen LogP contribution is 2.35. The Bertz CT molecular complexity index is 953. The summed E-state index contributed by atoms with van der Waals surface area (Å²) < 4.78 is 11.4. The Morgan fingerprint density at radius 1 is 1.22 bits per heavy atom. The number of rotatable bonds is 9. The van der Waals surface area contributed by atoms with Crippen LogP contribution in [-0.4, -0.2) is 54.5 Å². The van der Waals surface area contributed by atoms with Crippen molar-refractivity contribution in [1.29, 1.82) is 0 Å². The molecule has 0 unspecified atom stereocenters. The summed E-state index contributed by atoms with van der Waals surface area (Å²) in [5.41, 5.74) is 1.16. The second-order valence-corrected chi connectivity index (χ2v) is 9.99. The molecule has 1 saturated carbocycles. The third kappa shape index (κ3) is 5.26. The summed E-state index contributed by atoms with van der Waals surface area (Å²) in [6.07, 6.45) is 3.32. The number of nitrogens with zero attached hydrogens (tertiary/aromatic N) is 2. The van der Waals surface area contributed by atoms with E-state index in [2.05, 4.69) is 11.4 Å². The first-order valence-corrected chi connectivity index (χ1v) is 12.3. The van der Waals surface area contributed by atoms with E-state index in [0.717, 1.165) is 30.6 Å². The molecule has 1 aliphatic heterocycles. The van der Waals surface area contributed by atoms with Crippen LogP contribution in [0.15, 0.2) is 35.7 Å². The quantitative estimate of drug-likeness (QED) is 0.565. The highest BCUT2D eigenvalue weighted by molar-refractivity contribution is 7.10. The van der Waals surface area contributed by atoms with Crippen LogP contribution in [0.4, 0.5) is 0 Å². The molecule has 0 bridgehead atoms. The second-order valence-electron chi connectivity index (χ2n) is 8.99. The van der Waals surface area contributed by atoms with Gasteiger partial charge >= 0.3 is 0 Å². The van der Waals surface area contributed by atoms with Gasteiger partial charge in [0.1, 0.15) is 24.7 Å².